The Morgan fingerprint density at radius 2 is 1.11 bits per heavy atom. The van der Waals surface area contributed by atoms with Gasteiger partial charge >= 0.3 is 0 Å². The number of halogens is 4. The molecule has 0 atom stereocenters. The Morgan fingerprint density at radius 3 is 1.22 bits per heavy atom. The van der Waals surface area contributed by atoms with Gasteiger partial charge in [-0.25, -0.2) is 17.6 Å². The predicted molar refractivity (Wildman–Crippen MR) is 23.7 cm³/mol. The van der Waals surface area contributed by atoms with Crippen LogP contribution < -0.4 is 0 Å². The Balaban J connectivity index is 2.58. The number of hydrogen-bond donors (Lipinski definition) is 0. The Morgan fingerprint density at radius 1 is 0.778 bits per heavy atom. The van der Waals surface area contributed by atoms with E-state index in [2.05, 4.69) is 0 Å². The molecule has 0 aromatic rings. The Bertz CT molecular complexity index is 104. The van der Waals surface area contributed by atoms with Crippen LogP contribution in [0.5, 0.6) is 0 Å². The maximum atomic E-state index is 12.0. The van der Waals surface area contributed by atoms with Crippen molar-refractivity contribution in [2.75, 3.05) is 0 Å². The second-order valence-corrected chi connectivity index (χ2v) is 2.39. The van der Waals surface area contributed by atoms with Crippen LogP contribution >= 0.6 is 0 Å². The smallest absolute Gasteiger partial charge is 0.207 e. The maximum Gasteiger partial charge on any atom is 0.254 e. The van der Waals surface area contributed by atoms with Crippen LogP contribution in [0.2, 0.25) is 0 Å². The van der Waals surface area contributed by atoms with Gasteiger partial charge in [0.15, 0.2) is 0 Å². The second-order valence-electron chi connectivity index (χ2n) is 2.39. The van der Waals surface area contributed by atoms with E-state index in [0.29, 0.717) is 0 Å². The number of hydrogen-bond acceptors (Lipinski definition) is 0. The van der Waals surface area contributed by atoms with E-state index >= 15 is 0 Å². The highest BCUT2D eigenvalue weighted by Gasteiger charge is 2.50. The molecule has 0 spiro atoms. The van der Waals surface area contributed by atoms with E-state index in [4.69, 9.17) is 0 Å². The van der Waals surface area contributed by atoms with Crippen LogP contribution in [0.4, 0.5) is 17.6 Å². The monoisotopic (exact) mass is 142 g/mol. The zero-order valence-corrected chi connectivity index (χ0v) is 4.63. The molecule has 1 fully saturated rings. The molecule has 9 heavy (non-hydrogen) atoms. The molecule has 1 saturated carbocycles. The molecule has 0 aliphatic heterocycles. The summed E-state index contributed by atoms with van der Waals surface area (Å²) in [6, 6.07) is 0. The SMILES string of the molecule is FC1(F)CCC(F)(F)C1. The third kappa shape index (κ3) is 1.56. The molecule has 0 heterocycles. The van der Waals surface area contributed by atoms with Crippen molar-refractivity contribution in [2.45, 2.75) is 31.1 Å². The summed E-state index contributed by atoms with van der Waals surface area (Å²) in [5.74, 6) is -6.24. The summed E-state index contributed by atoms with van der Waals surface area (Å²) in [6.45, 7) is 0. The molecular weight excluding hydrogens is 136 g/mol. The van der Waals surface area contributed by atoms with Crippen LogP contribution in [0.3, 0.4) is 0 Å². The van der Waals surface area contributed by atoms with Gasteiger partial charge in [-0.1, -0.05) is 0 Å². The molecule has 0 saturated heterocycles. The molecule has 54 valence electrons. The van der Waals surface area contributed by atoms with Gasteiger partial charge in [0.1, 0.15) is 0 Å². The van der Waals surface area contributed by atoms with E-state index in [1.165, 1.54) is 0 Å². The summed E-state index contributed by atoms with van der Waals surface area (Å²) in [4.78, 5) is 0. The van der Waals surface area contributed by atoms with Crippen molar-refractivity contribution in [1.82, 2.24) is 0 Å². The molecule has 1 rings (SSSR count). The van der Waals surface area contributed by atoms with Gasteiger partial charge in [0.25, 0.3) is 11.8 Å². The van der Waals surface area contributed by atoms with Crippen molar-refractivity contribution in [3.63, 3.8) is 0 Å². The molecule has 0 nitrogen and oxygen atoms in total. The third-order valence-electron chi connectivity index (χ3n) is 1.37. The Labute approximate surface area is 49.9 Å². The minimum atomic E-state index is -3.12. The Hall–Kier alpha value is -0.280. The molecule has 0 unspecified atom stereocenters. The highest BCUT2D eigenvalue weighted by atomic mass is 19.3. The average Bonchev–Trinajstić information content (AvgIpc) is 1.78. The predicted octanol–water partition coefficient (Wildman–Crippen LogP) is 2.44. The summed E-state index contributed by atoms with van der Waals surface area (Å²) in [7, 11) is 0. The van der Waals surface area contributed by atoms with Crippen LogP contribution in [0.25, 0.3) is 0 Å². The van der Waals surface area contributed by atoms with Crippen molar-refractivity contribution >= 4 is 0 Å². The first-order chi connectivity index (χ1) is 3.91. The van der Waals surface area contributed by atoms with E-state index in [0.717, 1.165) is 0 Å². The molecule has 4 heteroatoms. The van der Waals surface area contributed by atoms with Crippen LogP contribution in [-0.4, -0.2) is 11.8 Å². The molecule has 0 aromatic heterocycles. The van der Waals surface area contributed by atoms with Gasteiger partial charge < -0.3 is 0 Å². The highest BCUT2D eigenvalue weighted by molar-refractivity contribution is 4.86. The van der Waals surface area contributed by atoms with Gasteiger partial charge in [0.05, 0.1) is 6.42 Å². The van der Waals surface area contributed by atoms with Gasteiger partial charge in [-0.2, -0.15) is 0 Å². The van der Waals surface area contributed by atoms with Crippen LogP contribution in [-0.2, 0) is 0 Å². The van der Waals surface area contributed by atoms with E-state index in [1.54, 1.807) is 0 Å². The van der Waals surface area contributed by atoms with Crippen LogP contribution in [0.15, 0.2) is 0 Å². The van der Waals surface area contributed by atoms with Gasteiger partial charge in [-0.05, 0) is 0 Å². The zero-order valence-electron chi connectivity index (χ0n) is 4.63. The summed E-state index contributed by atoms with van der Waals surface area (Å²) in [5, 5.41) is 0. The standard InChI is InChI=1S/C5H6F4/c6-4(7)1-2-5(8,9)3-4/h1-3H2. The van der Waals surface area contributed by atoms with E-state index in [-0.39, 0.29) is 0 Å². The van der Waals surface area contributed by atoms with E-state index in [1.807, 2.05) is 0 Å². The van der Waals surface area contributed by atoms with Gasteiger partial charge in [-0.3, -0.25) is 0 Å². The lowest BCUT2D eigenvalue weighted by Crippen LogP contribution is -2.15. The molecule has 1 aliphatic carbocycles. The normalized spacial score (nSPS) is 30.7. The summed E-state index contributed by atoms with van der Waals surface area (Å²) in [6.07, 6.45) is -2.60. The topological polar surface area (TPSA) is 0 Å². The van der Waals surface area contributed by atoms with Crippen LogP contribution in [0.1, 0.15) is 19.3 Å². The number of rotatable bonds is 0. The van der Waals surface area contributed by atoms with Gasteiger partial charge in [0.2, 0.25) is 0 Å². The van der Waals surface area contributed by atoms with Crippen molar-refractivity contribution in [1.29, 1.82) is 0 Å². The van der Waals surface area contributed by atoms with E-state index in [9.17, 15) is 17.6 Å². The average molecular weight is 142 g/mol. The minimum Gasteiger partial charge on any atom is -0.207 e. The largest absolute Gasteiger partial charge is 0.254 e. The molecule has 0 N–H and O–H groups in total. The van der Waals surface area contributed by atoms with Crippen molar-refractivity contribution < 1.29 is 17.6 Å². The lowest BCUT2D eigenvalue weighted by molar-refractivity contribution is -0.0515. The lowest BCUT2D eigenvalue weighted by atomic mass is 10.3. The van der Waals surface area contributed by atoms with Gasteiger partial charge in [-0.15, -0.1) is 0 Å². The molecular formula is C5H6F4. The molecule has 0 aromatic carbocycles. The highest BCUT2D eigenvalue weighted by Crippen LogP contribution is 2.44. The van der Waals surface area contributed by atoms with Crippen molar-refractivity contribution in [3.8, 4) is 0 Å². The first-order valence-electron chi connectivity index (χ1n) is 2.67. The van der Waals surface area contributed by atoms with Gasteiger partial charge in [0, 0.05) is 12.8 Å². The fraction of sp³-hybridized carbons (Fsp3) is 1.00. The molecule has 0 radical (unpaired) electrons. The summed E-state index contributed by atoms with van der Waals surface area (Å²) in [5.41, 5.74) is 0. The first kappa shape index (κ1) is 6.83. The van der Waals surface area contributed by atoms with Crippen molar-refractivity contribution in [3.05, 3.63) is 0 Å². The maximum absolute atomic E-state index is 12.0. The summed E-state index contributed by atoms with van der Waals surface area (Å²) >= 11 is 0. The minimum absolute atomic E-state index is 0.667. The zero-order chi connectivity index (χ0) is 7.12. The molecule has 0 amide bonds. The first-order valence-corrected chi connectivity index (χ1v) is 2.67. The van der Waals surface area contributed by atoms with Crippen LogP contribution in [0, 0.1) is 0 Å². The fourth-order valence-electron chi connectivity index (χ4n) is 0.921. The molecule has 0 bridgehead atoms. The fourth-order valence-corrected chi connectivity index (χ4v) is 0.921. The number of alkyl halides is 4. The summed E-state index contributed by atoms with van der Waals surface area (Å²) < 4.78 is 47.8. The van der Waals surface area contributed by atoms with E-state index < -0.39 is 31.1 Å². The molecule has 1 aliphatic rings. The quantitative estimate of drug-likeness (QED) is 0.455. The lowest BCUT2D eigenvalue weighted by Gasteiger charge is -2.07. The third-order valence-corrected chi connectivity index (χ3v) is 1.37. The Kier molecular flexibility index (Phi) is 1.22. The second kappa shape index (κ2) is 1.61. The van der Waals surface area contributed by atoms with Crippen molar-refractivity contribution in [2.24, 2.45) is 0 Å².